The van der Waals surface area contributed by atoms with Crippen LogP contribution in [-0.4, -0.2) is 15.8 Å². The monoisotopic (exact) mass is 270 g/mol. The summed E-state index contributed by atoms with van der Waals surface area (Å²) in [5.41, 5.74) is 4.27. The summed E-state index contributed by atoms with van der Waals surface area (Å²) in [4.78, 5) is 8.54. The Morgan fingerprint density at radius 2 is 2.26 bits per heavy atom. The minimum atomic E-state index is 0.625. The summed E-state index contributed by atoms with van der Waals surface area (Å²) in [5.74, 6) is 1.56. The number of aromatic nitrogens is 2. The largest absolute Gasteiger partial charge is 0.375 e. The van der Waals surface area contributed by atoms with E-state index in [1.807, 2.05) is 25.1 Å². The fourth-order valence-electron chi connectivity index (χ4n) is 1.86. The molecule has 19 heavy (non-hydrogen) atoms. The third-order valence-electron chi connectivity index (χ3n) is 2.77. The van der Waals surface area contributed by atoms with Gasteiger partial charge in [-0.2, -0.15) is 0 Å². The van der Waals surface area contributed by atoms with Gasteiger partial charge in [0.25, 0.3) is 0 Å². The molecular weight excluding hydrogens is 256 g/mol. The van der Waals surface area contributed by atoms with Gasteiger partial charge < -0.3 is 10.6 Å². The van der Waals surface area contributed by atoms with Crippen LogP contribution in [0.1, 0.15) is 11.3 Å². The highest BCUT2D eigenvalue weighted by Gasteiger charge is 2.07. The fourth-order valence-corrected chi connectivity index (χ4v) is 2.57. The summed E-state index contributed by atoms with van der Waals surface area (Å²) in [6.45, 7) is 1.95. The molecule has 0 aliphatic carbocycles. The summed E-state index contributed by atoms with van der Waals surface area (Å²) < 4.78 is 0. The maximum atomic E-state index is 4.34. The van der Waals surface area contributed by atoms with E-state index >= 15 is 0 Å². The van der Waals surface area contributed by atoms with E-state index in [2.05, 4.69) is 38.1 Å². The second kappa shape index (κ2) is 5.32. The highest BCUT2D eigenvalue weighted by Crippen LogP contribution is 2.24. The first-order valence-corrected chi connectivity index (χ1v) is 7.09. The van der Waals surface area contributed by atoms with Crippen molar-refractivity contribution in [2.45, 2.75) is 6.92 Å². The van der Waals surface area contributed by atoms with Gasteiger partial charge in [0.2, 0.25) is 5.95 Å². The number of benzene rings is 1. The van der Waals surface area contributed by atoms with Gasteiger partial charge in [0.05, 0.1) is 5.88 Å². The van der Waals surface area contributed by atoms with Gasteiger partial charge in [-0.15, -0.1) is 11.8 Å². The van der Waals surface area contributed by atoms with Gasteiger partial charge in [-0.05, 0) is 30.5 Å². The van der Waals surface area contributed by atoms with E-state index in [1.165, 1.54) is 11.3 Å². The van der Waals surface area contributed by atoms with E-state index < -0.39 is 0 Å². The Kier molecular flexibility index (Phi) is 3.37. The summed E-state index contributed by atoms with van der Waals surface area (Å²) in [6.07, 6.45) is 1.76. The minimum Gasteiger partial charge on any atom is -0.375 e. The molecule has 1 aliphatic heterocycles. The molecule has 96 valence electrons. The van der Waals surface area contributed by atoms with Crippen molar-refractivity contribution in [3.63, 3.8) is 0 Å². The Labute approximate surface area is 116 Å². The second-order valence-electron chi connectivity index (χ2n) is 4.25. The lowest BCUT2D eigenvalue weighted by atomic mass is 10.1. The first-order valence-electron chi connectivity index (χ1n) is 6.04. The summed E-state index contributed by atoms with van der Waals surface area (Å²) in [7, 11) is 0. The zero-order valence-corrected chi connectivity index (χ0v) is 11.4. The van der Waals surface area contributed by atoms with Crippen LogP contribution >= 0.6 is 11.8 Å². The lowest BCUT2D eigenvalue weighted by molar-refractivity contribution is 1.10. The van der Waals surface area contributed by atoms with Crippen LogP contribution < -0.4 is 10.6 Å². The molecule has 0 saturated carbocycles. The van der Waals surface area contributed by atoms with Crippen LogP contribution in [-0.2, 0) is 0 Å². The second-order valence-corrected chi connectivity index (χ2v) is 5.10. The predicted octanol–water partition coefficient (Wildman–Crippen LogP) is 3.12. The van der Waals surface area contributed by atoms with Crippen LogP contribution in [0.25, 0.3) is 5.70 Å². The molecule has 0 saturated heterocycles. The molecule has 2 N–H and O–H groups in total. The average Bonchev–Trinajstić information content (AvgIpc) is 2.93. The average molecular weight is 270 g/mol. The minimum absolute atomic E-state index is 0.625. The molecule has 4 nitrogen and oxygen atoms in total. The van der Waals surface area contributed by atoms with Gasteiger partial charge in [-0.3, -0.25) is 0 Å². The fraction of sp³-hybridized carbons (Fsp3) is 0.143. The molecular formula is C14H14N4S. The first kappa shape index (κ1) is 12.0. The summed E-state index contributed by atoms with van der Waals surface area (Å²) in [6, 6.07) is 10.1. The molecule has 2 heterocycles. The number of nitrogens with zero attached hydrogens (tertiary/aromatic N) is 2. The molecule has 0 atom stereocenters. The normalized spacial score (nSPS) is 13.8. The molecule has 0 radical (unpaired) electrons. The number of hydrogen-bond acceptors (Lipinski definition) is 5. The van der Waals surface area contributed by atoms with Crippen LogP contribution in [0.3, 0.4) is 0 Å². The zero-order valence-electron chi connectivity index (χ0n) is 10.6. The molecule has 0 fully saturated rings. The number of nitrogens with one attached hydrogen (secondary N) is 2. The third-order valence-corrected chi connectivity index (χ3v) is 3.49. The number of anilines is 2. The Morgan fingerprint density at radius 1 is 1.32 bits per heavy atom. The van der Waals surface area contributed by atoms with Crippen molar-refractivity contribution in [2.24, 2.45) is 0 Å². The highest BCUT2D eigenvalue weighted by atomic mass is 32.2. The highest BCUT2D eigenvalue weighted by molar-refractivity contribution is 8.02. The topological polar surface area (TPSA) is 49.8 Å². The van der Waals surface area contributed by atoms with Gasteiger partial charge in [0, 0.05) is 28.8 Å². The van der Waals surface area contributed by atoms with Gasteiger partial charge >= 0.3 is 0 Å². The molecule has 5 heteroatoms. The predicted molar refractivity (Wildman–Crippen MR) is 80.1 cm³/mol. The molecule has 1 aromatic heterocycles. The molecule has 0 unspecified atom stereocenters. The van der Waals surface area contributed by atoms with Crippen molar-refractivity contribution in [3.05, 3.63) is 53.2 Å². The Balaban J connectivity index is 1.83. The van der Waals surface area contributed by atoms with Gasteiger partial charge in [0.1, 0.15) is 0 Å². The van der Waals surface area contributed by atoms with Crippen LogP contribution in [0.4, 0.5) is 11.6 Å². The number of rotatable bonds is 3. The Hall–Kier alpha value is -2.01. The maximum absolute atomic E-state index is 4.34. The van der Waals surface area contributed by atoms with Crippen LogP contribution in [0.15, 0.2) is 41.9 Å². The number of thioether (sulfide) groups is 1. The Morgan fingerprint density at radius 3 is 3.05 bits per heavy atom. The van der Waals surface area contributed by atoms with Crippen molar-refractivity contribution in [1.82, 2.24) is 15.3 Å². The van der Waals surface area contributed by atoms with Gasteiger partial charge in [-0.1, -0.05) is 12.1 Å². The molecule has 0 spiro atoms. The quantitative estimate of drug-likeness (QED) is 0.897. The summed E-state index contributed by atoms with van der Waals surface area (Å²) in [5, 5.41) is 8.70. The zero-order chi connectivity index (χ0) is 13.1. The summed E-state index contributed by atoms with van der Waals surface area (Å²) >= 11 is 1.77. The van der Waals surface area contributed by atoms with Gasteiger partial charge in [0.15, 0.2) is 0 Å². The molecule has 2 aromatic rings. The van der Waals surface area contributed by atoms with Gasteiger partial charge in [-0.25, -0.2) is 9.97 Å². The van der Waals surface area contributed by atoms with Crippen LogP contribution in [0.5, 0.6) is 0 Å². The van der Waals surface area contributed by atoms with Crippen molar-refractivity contribution in [1.29, 1.82) is 0 Å². The smallest absolute Gasteiger partial charge is 0.227 e. The third kappa shape index (κ3) is 2.88. The molecule has 1 aromatic carbocycles. The van der Waals surface area contributed by atoms with E-state index in [0.29, 0.717) is 5.95 Å². The van der Waals surface area contributed by atoms with Crippen molar-refractivity contribution in [2.75, 3.05) is 11.2 Å². The van der Waals surface area contributed by atoms with Crippen molar-refractivity contribution in [3.8, 4) is 0 Å². The SMILES string of the molecule is Cc1ccnc(Nc2cccc(C3=CSCN3)c2)n1. The molecule has 1 aliphatic rings. The van der Waals surface area contributed by atoms with E-state index in [9.17, 15) is 0 Å². The molecule has 0 amide bonds. The van der Waals surface area contributed by atoms with Crippen LogP contribution in [0.2, 0.25) is 0 Å². The maximum Gasteiger partial charge on any atom is 0.227 e. The molecule has 0 bridgehead atoms. The standard InChI is InChI=1S/C14H14N4S/c1-10-5-6-15-14(17-10)18-12-4-2-3-11(7-12)13-8-19-9-16-13/h2-8,16H,9H2,1H3,(H,15,17,18). The van der Waals surface area contributed by atoms with E-state index in [0.717, 1.165) is 17.3 Å². The van der Waals surface area contributed by atoms with Crippen LogP contribution in [0, 0.1) is 6.92 Å². The van der Waals surface area contributed by atoms with Crippen molar-refractivity contribution >= 4 is 29.1 Å². The first-order chi connectivity index (χ1) is 9.31. The molecule has 3 rings (SSSR count). The lowest BCUT2D eigenvalue weighted by Gasteiger charge is -2.08. The van der Waals surface area contributed by atoms with E-state index in [4.69, 9.17) is 0 Å². The Bertz CT molecular complexity index is 624. The van der Waals surface area contributed by atoms with E-state index in [1.54, 1.807) is 18.0 Å². The lowest BCUT2D eigenvalue weighted by Crippen LogP contribution is -2.05. The number of hydrogen-bond donors (Lipinski definition) is 2. The number of aryl methyl sites for hydroxylation is 1. The van der Waals surface area contributed by atoms with Crippen molar-refractivity contribution < 1.29 is 0 Å². The van der Waals surface area contributed by atoms with E-state index in [-0.39, 0.29) is 0 Å².